The van der Waals surface area contributed by atoms with Gasteiger partial charge in [0.1, 0.15) is 6.17 Å². The van der Waals surface area contributed by atoms with Crippen molar-refractivity contribution in [3.8, 4) is 23.2 Å². The second kappa shape index (κ2) is 12.4. The Morgan fingerprint density at radius 1 is 1.20 bits per heavy atom. The number of benzene rings is 2. The highest BCUT2D eigenvalue weighted by Crippen LogP contribution is 2.39. The van der Waals surface area contributed by atoms with Crippen LogP contribution in [0.3, 0.4) is 0 Å². The highest BCUT2D eigenvalue weighted by atomic mass is 32.1. The molecule has 41 heavy (non-hydrogen) atoms. The number of aromatic nitrogens is 2. The quantitative estimate of drug-likeness (QED) is 0.146. The molecule has 1 fully saturated rings. The molecule has 0 unspecified atom stereocenters. The van der Waals surface area contributed by atoms with Crippen molar-refractivity contribution < 1.29 is 22.1 Å². The van der Waals surface area contributed by atoms with Gasteiger partial charge in [-0.15, -0.1) is 11.3 Å². The van der Waals surface area contributed by atoms with E-state index >= 15 is 0 Å². The number of hydrogen-bond acceptors (Lipinski definition) is 7. The van der Waals surface area contributed by atoms with Crippen molar-refractivity contribution in [2.24, 2.45) is 0 Å². The summed E-state index contributed by atoms with van der Waals surface area (Å²) in [6, 6.07) is 10.7. The molecule has 2 aromatic heterocycles. The molecule has 0 saturated carbocycles. The largest absolute Gasteiger partial charge is 0.393 e. The average molecular weight is 604 g/mol. The summed E-state index contributed by atoms with van der Waals surface area (Å²) in [7, 11) is 1.53. The van der Waals surface area contributed by atoms with E-state index in [4.69, 9.17) is 4.52 Å². The number of piperidine rings is 1. The van der Waals surface area contributed by atoms with Crippen molar-refractivity contribution >= 4 is 46.0 Å². The number of likely N-dealkylation sites (tertiary alicyclic amines) is 1. The Hall–Kier alpha value is -3.19. The Labute approximate surface area is 241 Å². The molecule has 2 N–H and O–H groups in total. The standard InChI is InChI=1S/C29H30F4N5OPS/c1-38-13-11-24(22(30)16-38)36-25-7-4-6-19-21(15-29(31,32)33)26(41-27(19)25)8-5-12-34-23-10-9-18(40(2)3)14-20(23)28-35-17-39-37-28/h4,6-7,9-10,14,17,22,24,34,36H,11-13,15-16H2,1-3H3/t22-,24+/m0/s1. The van der Waals surface area contributed by atoms with Gasteiger partial charge < -0.3 is 20.1 Å². The maximum Gasteiger partial charge on any atom is 0.393 e. The van der Waals surface area contributed by atoms with E-state index in [-0.39, 0.29) is 20.0 Å². The minimum atomic E-state index is -4.40. The number of halogens is 4. The van der Waals surface area contributed by atoms with E-state index in [0.29, 0.717) is 39.4 Å². The summed E-state index contributed by atoms with van der Waals surface area (Å²) >= 11 is 1.21. The Kier molecular flexibility index (Phi) is 8.83. The molecule has 1 aliphatic heterocycles. The lowest BCUT2D eigenvalue weighted by molar-refractivity contribution is -0.126. The zero-order valence-electron chi connectivity index (χ0n) is 22.8. The average Bonchev–Trinajstić information content (AvgIpc) is 3.57. The van der Waals surface area contributed by atoms with Crippen LogP contribution in [0.25, 0.3) is 21.5 Å². The molecule has 5 rings (SSSR count). The smallest absolute Gasteiger partial charge is 0.378 e. The summed E-state index contributed by atoms with van der Waals surface area (Å²) in [6.45, 7) is 5.56. The number of rotatable bonds is 7. The van der Waals surface area contributed by atoms with Crippen LogP contribution >= 0.6 is 19.3 Å². The van der Waals surface area contributed by atoms with Crippen molar-refractivity contribution in [1.82, 2.24) is 15.0 Å². The second-order valence-electron chi connectivity index (χ2n) is 10.2. The SMILES string of the molecule is CN1CC[C@@H](Nc2cccc3c(CC(F)(F)F)c(C#CCNc4ccc(P(C)C)cc4-c4ncon4)sc23)[C@@H](F)C1. The number of hydrogen-bond donors (Lipinski definition) is 2. The molecule has 0 radical (unpaired) electrons. The Morgan fingerprint density at radius 3 is 2.73 bits per heavy atom. The fourth-order valence-electron chi connectivity index (χ4n) is 4.88. The minimum absolute atomic E-state index is 0.143. The number of anilines is 2. The van der Waals surface area contributed by atoms with Gasteiger partial charge in [-0.2, -0.15) is 18.2 Å². The van der Waals surface area contributed by atoms with Crippen LogP contribution in [-0.4, -0.2) is 73.4 Å². The molecule has 0 bridgehead atoms. The van der Waals surface area contributed by atoms with E-state index < -0.39 is 24.8 Å². The molecule has 3 heterocycles. The third kappa shape index (κ3) is 7.00. The molecular formula is C29H30F4N5OPS. The fraction of sp³-hybridized carbons (Fsp3) is 0.379. The summed E-state index contributed by atoms with van der Waals surface area (Å²) in [5.74, 6) is 6.41. The van der Waals surface area contributed by atoms with Crippen molar-refractivity contribution in [3.63, 3.8) is 0 Å². The van der Waals surface area contributed by atoms with Crippen LogP contribution in [0.5, 0.6) is 0 Å². The van der Waals surface area contributed by atoms with Gasteiger partial charge in [-0.25, -0.2) is 4.39 Å². The zero-order valence-corrected chi connectivity index (χ0v) is 24.6. The zero-order chi connectivity index (χ0) is 29.1. The van der Waals surface area contributed by atoms with E-state index in [1.807, 2.05) is 30.1 Å². The van der Waals surface area contributed by atoms with Crippen molar-refractivity contribution in [2.45, 2.75) is 31.2 Å². The van der Waals surface area contributed by atoms with Crippen LogP contribution in [0.15, 0.2) is 47.3 Å². The predicted molar refractivity (Wildman–Crippen MR) is 160 cm³/mol. The highest BCUT2D eigenvalue weighted by Gasteiger charge is 2.32. The van der Waals surface area contributed by atoms with Crippen LogP contribution in [0.4, 0.5) is 28.9 Å². The monoisotopic (exact) mass is 603 g/mol. The third-order valence-electron chi connectivity index (χ3n) is 6.97. The summed E-state index contributed by atoms with van der Waals surface area (Å²) in [5.41, 5.74) is 2.30. The lowest BCUT2D eigenvalue weighted by Gasteiger charge is -2.33. The molecule has 0 amide bonds. The van der Waals surface area contributed by atoms with E-state index in [1.165, 1.54) is 23.0 Å². The summed E-state index contributed by atoms with van der Waals surface area (Å²) in [4.78, 5) is 6.45. The number of alkyl halides is 4. The van der Waals surface area contributed by atoms with Gasteiger partial charge in [-0.3, -0.25) is 0 Å². The van der Waals surface area contributed by atoms with Gasteiger partial charge in [-0.05, 0) is 61.3 Å². The summed E-state index contributed by atoms with van der Waals surface area (Å²) in [6.07, 6.45) is -4.69. The van der Waals surface area contributed by atoms with Gasteiger partial charge in [0.15, 0.2) is 0 Å². The van der Waals surface area contributed by atoms with Gasteiger partial charge in [0, 0.05) is 24.3 Å². The van der Waals surface area contributed by atoms with Crippen molar-refractivity contribution in [3.05, 3.63) is 53.2 Å². The van der Waals surface area contributed by atoms with Crippen LogP contribution < -0.4 is 15.9 Å². The topological polar surface area (TPSA) is 66.2 Å². The Balaban J connectivity index is 1.42. The first-order chi connectivity index (χ1) is 19.6. The van der Waals surface area contributed by atoms with Crippen LogP contribution in [-0.2, 0) is 6.42 Å². The van der Waals surface area contributed by atoms with Gasteiger partial charge in [-0.1, -0.05) is 43.1 Å². The molecule has 6 nitrogen and oxygen atoms in total. The van der Waals surface area contributed by atoms with Crippen LogP contribution in [0, 0.1) is 11.8 Å². The molecule has 0 aliphatic carbocycles. The van der Waals surface area contributed by atoms with Crippen molar-refractivity contribution in [2.75, 3.05) is 50.6 Å². The lowest BCUT2D eigenvalue weighted by atomic mass is 10.0. The molecule has 2 aromatic carbocycles. The van der Waals surface area contributed by atoms with Gasteiger partial charge in [0.25, 0.3) is 0 Å². The maximum atomic E-state index is 14.7. The fourth-order valence-corrected chi connectivity index (χ4v) is 6.81. The number of nitrogens with one attached hydrogen (secondary N) is 2. The second-order valence-corrected chi connectivity index (χ2v) is 13.6. The van der Waals surface area contributed by atoms with Crippen LogP contribution in [0.2, 0.25) is 0 Å². The molecular weight excluding hydrogens is 573 g/mol. The summed E-state index contributed by atoms with van der Waals surface area (Å²) < 4.78 is 61.2. The highest BCUT2D eigenvalue weighted by molar-refractivity contribution is 7.64. The number of fused-ring (bicyclic) bond motifs is 1. The third-order valence-corrected chi connectivity index (χ3v) is 9.48. The molecule has 12 heteroatoms. The van der Waals surface area contributed by atoms with Gasteiger partial charge in [0.05, 0.1) is 34.3 Å². The normalized spacial score (nSPS) is 18.0. The molecule has 1 aliphatic rings. The lowest BCUT2D eigenvalue weighted by Crippen LogP contribution is -2.46. The Bertz CT molecular complexity index is 1560. The molecule has 2 atom stereocenters. The van der Waals surface area contributed by atoms with E-state index in [9.17, 15) is 17.6 Å². The first-order valence-electron chi connectivity index (χ1n) is 13.1. The van der Waals surface area contributed by atoms with E-state index in [0.717, 1.165) is 17.8 Å². The first-order valence-corrected chi connectivity index (χ1v) is 16.2. The molecule has 216 valence electrons. The molecule has 1 saturated heterocycles. The van der Waals surface area contributed by atoms with Crippen LogP contribution in [0.1, 0.15) is 16.9 Å². The van der Waals surface area contributed by atoms with Gasteiger partial charge in [0.2, 0.25) is 12.2 Å². The van der Waals surface area contributed by atoms with E-state index in [1.54, 1.807) is 18.2 Å². The van der Waals surface area contributed by atoms with Gasteiger partial charge >= 0.3 is 6.18 Å². The molecule has 0 spiro atoms. The number of thiophene rings is 1. The minimum Gasteiger partial charge on any atom is -0.378 e. The predicted octanol–water partition coefficient (Wildman–Crippen LogP) is 6.34. The summed E-state index contributed by atoms with van der Waals surface area (Å²) in [5, 5.41) is 12.1. The van der Waals surface area contributed by atoms with E-state index in [2.05, 4.69) is 45.9 Å². The Morgan fingerprint density at radius 2 is 2.02 bits per heavy atom. The first kappa shape index (κ1) is 29.3. The number of nitrogens with zero attached hydrogens (tertiary/aromatic N) is 3. The molecule has 4 aromatic rings. The van der Waals surface area contributed by atoms with Crippen molar-refractivity contribution in [1.29, 1.82) is 0 Å². The maximum absolute atomic E-state index is 14.7.